The van der Waals surface area contributed by atoms with Crippen LogP contribution in [-0.2, 0) is 12.8 Å². The molecule has 0 aliphatic heterocycles. The Morgan fingerprint density at radius 2 is 1.62 bits per heavy atom. The van der Waals surface area contributed by atoms with Crippen molar-refractivity contribution in [2.75, 3.05) is 7.05 Å². The summed E-state index contributed by atoms with van der Waals surface area (Å²) in [4.78, 5) is 0. The van der Waals surface area contributed by atoms with E-state index >= 15 is 0 Å². The molecule has 0 aliphatic carbocycles. The normalized spacial score (nSPS) is 13.1. The molecule has 1 heteroatoms. The van der Waals surface area contributed by atoms with Gasteiger partial charge < -0.3 is 5.32 Å². The molecular weight excluding hydrogens is 194 g/mol. The van der Waals surface area contributed by atoms with E-state index in [1.54, 1.807) is 0 Å². The highest BCUT2D eigenvalue weighted by Gasteiger charge is 2.09. The summed E-state index contributed by atoms with van der Waals surface area (Å²) in [5, 5.41) is 3.41. The number of hydrogen-bond acceptors (Lipinski definition) is 1. The zero-order valence-electron chi connectivity index (χ0n) is 11.1. The standard InChI is InChI=1S/C15H25N/c1-5-13-6-8-14(9-7-13)11-15(16-4)10-12(2)3/h6-9,12,15-16H,5,10-11H2,1-4H3. The van der Waals surface area contributed by atoms with Crippen molar-refractivity contribution in [3.63, 3.8) is 0 Å². The highest BCUT2D eigenvalue weighted by Crippen LogP contribution is 2.12. The second kappa shape index (κ2) is 6.70. The van der Waals surface area contributed by atoms with Crippen LogP contribution in [-0.4, -0.2) is 13.1 Å². The second-order valence-electron chi connectivity index (χ2n) is 4.99. The molecule has 0 aliphatic rings. The SMILES string of the molecule is CCc1ccc(CC(CC(C)C)NC)cc1. The molecule has 0 aromatic heterocycles. The zero-order chi connectivity index (χ0) is 12.0. The molecule has 1 rings (SSSR count). The smallest absolute Gasteiger partial charge is 0.0107 e. The lowest BCUT2D eigenvalue weighted by atomic mass is 9.97. The van der Waals surface area contributed by atoms with Gasteiger partial charge in [-0.3, -0.25) is 0 Å². The summed E-state index contributed by atoms with van der Waals surface area (Å²) in [6.45, 7) is 6.76. The van der Waals surface area contributed by atoms with E-state index in [4.69, 9.17) is 0 Å². The van der Waals surface area contributed by atoms with Crippen LogP contribution in [0.2, 0.25) is 0 Å². The molecule has 16 heavy (non-hydrogen) atoms. The molecule has 1 aromatic carbocycles. The van der Waals surface area contributed by atoms with Gasteiger partial charge in [0.05, 0.1) is 0 Å². The minimum Gasteiger partial charge on any atom is -0.317 e. The first kappa shape index (κ1) is 13.2. The van der Waals surface area contributed by atoms with Gasteiger partial charge >= 0.3 is 0 Å². The summed E-state index contributed by atoms with van der Waals surface area (Å²) in [5.74, 6) is 0.757. The van der Waals surface area contributed by atoms with Crippen molar-refractivity contribution in [3.8, 4) is 0 Å². The first-order valence-electron chi connectivity index (χ1n) is 6.40. The molecule has 1 aromatic rings. The lowest BCUT2D eigenvalue weighted by Gasteiger charge is -2.18. The van der Waals surface area contributed by atoms with Crippen LogP contribution in [0.1, 0.15) is 38.3 Å². The lowest BCUT2D eigenvalue weighted by molar-refractivity contribution is 0.441. The van der Waals surface area contributed by atoms with E-state index in [2.05, 4.69) is 57.4 Å². The third-order valence-corrected chi connectivity index (χ3v) is 3.08. The van der Waals surface area contributed by atoms with E-state index in [1.165, 1.54) is 17.5 Å². The van der Waals surface area contributed by atoms with Gasteiger partial charge in [0.25, 0.3) is 0 Å². The molecule has 1 nitrogen and oxygen atoms in total. The van der Waals surface area contributed by atoms with Crippen LogP contribution in [0.4, 0.5) is 0 Å². The highest BCUT2D eigenvalue weighted by atomic mass is 14.9. The monoisotopic (exact) mass is 219 g/mol. The van der Waals surface area contributed by atoms with Crippen LogP contribution in [0.15, 0.2) is 24.3 Å². The second-order valence-corrected chi connectivity index (χ2v) is 4.99. The van der Waals surface area contributed by atoms with E-state index in [1.807, 2.05) is 0 Å². The number of benzene rings is 1. The van der Waals surface area contributed by atoms with Crippen molar-refractivity contribution in [1.82, 2.24) is 5.32 Å². The third kappa shape index (κ3) is 4.36. The van der Waals surface area contributed by atoms with Gasteiger partial charge in [-0.2, -0.15) is 0 Å². The van der Waals surface area contributed by atoms with Gasteiger partial charge in [0.2, 0.25) is 0 Å². The minimum absolute atomic E-state index is 0.604. The number of aryl methyl sites for hydroxylation is 1. The fourth-order valence-electron chi connectivity index (χ4n) is 2.07. The molecule has 90 valence electrons. The highest BCUT2D eigenvalue weighted by molar-refractivity contribution is 5.23. The molecule has 0 bridgehead atoms. The summed E-state index contributed by atoms with van der Waals surface area (Å²) < 4.78 is 0. The average molecular weight is 219 g/mol. The third-order valence-electron chi connectivity index (χ3n) is 3.08. The number of rotatable bonds is 6. The van der Waals surface area contributed by atoms with Gasteiger partial charge in [0.1, 0.15) is 0 Å². The Morgan fingerprint density at radius 1 is 1.06 bits per heavy atom. The Hall–Kier alpha value is -0.820. The fourth-order valence-corrected chi connectivity index (χ4v) is 2.07. The van der Waals surface area contributed by atoms with Crippen LogP contribution >= 0.6 is 0 Å². The van der Waals surface area contributed by atoms with Gasteiger partial charge in [-0.25, -0.2) is 0 Å². The maximum absolute atomic E-state index is 3.41. The molecule has 0 radical (unpaired) electrons. The Kier molecular flexibility index (Phi) is 5.54. The molecule has 0 heterocycles. The maximum atomic E-state index is 3.41. The summed E-state index contributed by atoms with van der Waals surface area (Å²) in [7, 11) is 2.06. The van der Waals surface area contributed by atoms with Crippen molar-refractivity contribution in [1.29, 1.82) is 0 Å². The molecule has 0 amide bonds. The lowest BCUT2D eigenvalue weighted by Crippen LogP contribution is -2.29. The van der Waals surface area contributed by atoms with E-state index < -0.39 is 0 Å². The number of likely N-dealkylation sites (N-methyl/N-ethyl adjacent to an activating group) is 1. The molecule has 1 N–H and O–H groups in total. The van der Waals surface area contributed by atoms with Crippen molar-refractivity contribution < 1.29 is 0 Å². The minimum atomic E-state index is 0.604. The Bertz CT molecular complexity index is 287. The van der Waals surface area contributed by atoms with E-state index in [-0.39, 0.29) is 0 Å². The molecule has 1 unspecified atom stereocenters. The average Bonchev–Trinajstić information content (AvgIpc) is 2.28. The molecule has 0 saturated carbocycles. The molecule has 0 saturated heterocycles. The molecular formula is C15H25N. The topological polar surface area (TPSA) is 12.0 Å². The van der Waals surface area contributed by atoms with Gasteiger partial charge in [0, 0.05) is 6.04 Å². The van der Waals surface area contributed by atoms with E-state index in [0.29, 0.717) is 6.04 Å². The Morgan fingerprint density at radius 3 is 2.06 bits per heavy atom. The van der Waals surface area contributed by atoms with Crippen LogP contribution in [0.25, 0.3) is 0 Å². The first-order chi connectivity index (χ1) is 7.65. The van der Waals surface area contributed by atoms with Gasteiger partial charge in [-0.1, -0.05) is 45.0 Å². The number of nitrogens with one attached hydrogen (secondary N) is 1. The van der Waals surface area contributed by atoms with Gasteiger partial charge in [0.15, 0.2) is 0 Å². The fraction of sp³-hybridized carbons (Fsp3) is 0.600. The summed E-state index contributed by atoms with van der Waals surface area (Å²) in [5.41, 5.74) is 2.87. The van der Waals surface area contributed by atoms with Gasteiger partial charge in [-0.15, -0.1) is 0 Å². The van der Waals surface area contributed by atoms with Crippen LogP contribution in [0.5, 0.6) is 0 Å². The van der Waals surface area contributed by atoms with E-state index in [9.17, 15) is 0 Å². The van der Waals surface area contributed by atoms with Crippen LogP contribution in [0, 0.1) is 5.92 Å². The molecule has 0 spiro atoms. The molecule has 0 fully saturated rings. The largest absolute Gasteiger partial charge is 0.317 e. The predicted molar refractivity (Wildman–Crippen MR) is 71.8 cm³/mol. The summed E-state index contributed by atoms with van der Waals surface area (Å²) in [6.07, 6.45) is 3.51. The molecule has 1 atom stereocenters. The van der Waals surface area contributed by atoms with Crippen molar-refractivity contribution in [2.24, 2.45) is 5.92 Å². The maximum Gasteiger partial charge on any atom is 0.0107 e. The first-order valence-corrected chi connectivity index (χ1v) is 6.40. The summed E-state index contributed by atoms with van der Waals surface area (Å²) in [6, 6.07) is 9.63. The number of hydrogen-bond donors (Lipinski definition) is 1. The van der Waals surface area contributed by atoms with Gasteiger partial charge in [-0.05, 0) is 43.4 Å². The predicted octanol–water partition coefficient (Wildman–Crippen LogP) is 3.43. The van der Waals surface area contributed by atoms with E-state index in [0.717, 1.165) is 18.8 Å². The zero-order valence-corrected chi connectivity index (χ0v) is 11.1. The van der Waals surface area contributed by atoms with Crippen LogP contribution < -0.4 is 5.32 Å². The van der Waals surface area contributed by atoms with Crippen LogP contribution in [0.3, 0.4) is 0 Å². The Balaban J connectivity index is 2.56. The quantitative estimate of drug-likeness (QED) is 0.773. The van der Waals surface area contributed by atoms with Crippen molar-refractivity contribution >= 4 is 0 Å². The summed E-state index contributed by atoms with van der Waals surface area (Å²) >= 11 is 0. The van der Waals surface area contributed by atoms with Crippen molar-refractivity contribution in [3.05, 3.63) is 35.4 Å². The van der Waals surface area contributed by atoms with Crippen molar-refractivity contribution in [2.45, 2.75) is 46.1 Å². The Labute approximate surface area is 100 Å².